The van der Waals surface area contributed by atoms with Crippen molar-refractivity contribution < 1.29 is 4.74 Å². The Balaban J connectivity index is 2.08. The first-order valence-electron chi connectivity index (χ1n) is 4.85. The third-order valence-electron chi connectivity index (χ3n) is 2.62. The largest absolute Gasteiger partial charge is 0.381 e. The van der Waals surface area contributed by atoms with Crippen LogP contribution in [0.2, 0.25) is 4.34 Å². The first-order valence-corrected chi connectivity index (χ1v) is 7.27. The fraction of sp³-hybridized carbons (Fsp3) is 0.600. The molecule has 1 saturated heterocycles. The Hall–Kier alpha value is 0.720. The van der Waals surface area contributed by atoms with E-state index < -0.39 is 0 Å². The highest BCUT2D eigenvalue weighted by Crippen LogP contribution is 2.42. The molecule has 1 nitrogen and oxygen atoms in total. The van der Waals surface area contributed by atoms with Crippen molar-refractivity contribution in [2.45, 2.75) is 18.2 Å². The second-order valence-corrected chi connectivity index (χ2v) is 6.63. The zero-order valence-corrected chi connectivity index (χ0v) is 11.9. The van der Waals surface area contributed by atoms with Crippen LogP contribution in [-0.4, -0.2) is 13.2 Å². The van der Waals surface area contributed by atoms with Gasteiger partial charge >= 0.3 is 0 Å². The molecule has 1 aliphatic rings. The van der Waals surface area contributed by atoms with Crippen LogP contribution < -0.4 is 0 Å². The van der Waals surface area contributed by atoms with Crippen molar-refractivity contribution in [3.05, 3.63) is 19.8 Å². The third-order valence-corrected chi connectivity index (χ3v) is 5.89. The minimum absolute atomic E-state index is 0.0719. The van der Waals surface area contributed by atoms with E-state index in [1.54, 1.807) is 11.3 Å². The number of halogens is 3. The maximum Gasteiger partial charge on any atom is 0.107 e. The van der Waals surface area contributed by atoms with E-state index in [-0.39, 0.29) is 5.38 Å². The lowest BCUT2D eigenvalue weighted by atomic mass is 9.95. The van der Waals surface area contributed by atoms with Gasteiger partial charge < -0.3 is 4.74 Å². The van der Waals surface area contributed by atoms with Gasteiger partial charge in [0.25, 0.3) is 0 Å². The molecule has 0 saturated carbocycles. The molecule has 2 rings (SSSR count). The first-order chi connectivity index (χ1) is 7.18. The molecule has 0 N–H and O–H groups in total. The second-order valence-electron chi connectivity index (χ2n) is 3.62. The summed E-state index contributed by atoms with van der Waals surface area (Å²) in [6.07, 6.45) is 2.09. The van der Waals surface area contributed by atoms with E-state index in [4.69, 9.17) is 27.9 Å². The van der Waals surface area contributed by atoms with Gasteiger partial charge in [0.05, 0.1) is 5.38 Å². The van der Waals surface area contributed by atoms with Gasteiger partial charge in [-0.3, -0.25) is 0 Å². The fourth-order valence-electron chi connectivity index (χ4n) is 1.74. The van der Waals surface area contributed by atoms with Crippen LogP contribution in [0.1, 0.15) is 23.1 Å². The Kier molecular flexibility index (Phi) is 4.36. The Labute approximate surface area is 112 Å². The average Bonchev–Trinajstić information content (AvgIpc) is 2.59. The number of hydrogen-bond donors (Lipinski definition) is 0. The van der Waals surface area contributed by atoms with Crippen molar-refractivity contribution in [2.75, 3.05) is 13.2 Å². The highest BCUT2D eigenvalue weighted by atomic mass is 79.9. The molecule has 0 aliphatic carbocycles. The van der Waals surface area contributed by atoms with Crippen LogP contribution >= 0.6 is 50.5 Å². The summed E-state index contributed by atoms with van der Waals surface area (Å²) in [6, 6.07) is 2.03. The highest BCUT2D eigenvalue weighted by molar-refractivity contribution is 9.10. The molecule has 0 spiro atoms. The van der Waals surface area contributed by atoms with Crippen LogP contribution in [0, 0.1) is 5.92 Å². The number of thiophene rings is 1. The molecule has 0 bridgehead atoms. The number of alkyl halides is 1. The summed E-state index contributed by atoms with van der Waals surface area (Å²) < 4.78 is 7.05. The van der Waals surface area contributed by atoms with E-state index in [1.165, 1.54) is 0 Å². The molecule has 1 aliphatic heterocycles. The quantitative estimate of drug-likeness (QED) is 0.703. The number of ether oxygens (including phenoxy) is 1. The average molecular weight is 330 g/mol. The summed E-state index contributed by atoms with van der Waals surface area (Å²) >= 11 is 17.4. The lowest BCUT2D eigenvalue weighted by molar-refractivity contribution is 0.0653. The molecule has 1 unspecified atom stereocenters. The summed E-state index contributed by atoms with van der Waals surface area (Å²) in [4.78, 5) is 1.15. The van der Waals surface area contributed by atoms with Crippen molar-refractivity contribution in [3.63, 3.8) is 0 Å². The summed E-state index contributed by atoms with van der Waals surface area (Å²) in [6.45, 7) is 1.66. The Morgan fingerprint density at radius 2 is 2.13 bits per heavy atom. The van der Waals surface area contributed by atoms with Crippen molar-refractivity contribution >= 4 is 50.5 Å². The van der Waals surface area contributed by atoms with Gasteiger partial charge in [0.1, 0.15) is 4.34 Å². The smallest absolute Gasteiger partial charge is 0.107 e. The van der Waals surface area contributed by atoms with Gasteiger partial charge in [-0.25, -0.2) is 0 Å². The van der Waals surface area contributed by atoms with E-state index in [0.717, 1.165) is 39.7 Å². The summed E-state index contributed by atoms with van der Waals surface area (Å²) in [5.74, 6) is 0.516. The van der Waals surface area contributed by atoms with Crippen LogP contribution in [-0.2, 0) is 4.74 Å². The summed E-state index contributed by atoms with van der Waals surface area (Å²) in [5.41, 5.74) is 0. The highest BCUT2D eigenvalue weighted by Gasteiger charge is 2.25. The van der Waals surface area contributed by atoms with Gasteiger partial charge in [-0.1, -0.05) is 11.6 Å². The Morgan fingerprint density at radius 1 is 1.47 bits per heavy atom. The van der Waals surface area contributed by atoms with E-state index in [1.807, 2.05) is 6.07 Å². The van der Waals surface area contributed by atoms with Gasteiger partial charge in [0.15, 0.2) is 0 Å². The lowest BCUT2D eigenvalue weighted by Gasteiger charge is -2.25. The minimum Gasteiger partial charge on any atom is -0.381 e. The monoisotopic (exact) mass is 328 g/mol. The standard InChI is InChI=1S/C10H11BrCl2OS/c11-7-5-8(15-10(7)13)9(12)6-1-3-14-4-2-6/h5-6,9H,1-4H2. The first kappa shape index (κ1) is 12.2. The molecule has 1 atom stereocenters. The molecule has 1 aromatic rings. The summed E-state index contributed by atoms with van der Waals surface area (Å²) in [5, 5.41) is 0.0719. The SMILES string of the molecule is Clc1sc(C(Cl)C2CCOCC2)cc1Br. The van der Waals surface area contributed by atoms with E-state index in [9.17, 15) is 0 Å². The Morgan fingerprint density at radius 3 is 2.67 bits per heavy atom. The minimum atomic E-state index is 0.0719. The van der Waals surface area contributed by atoms with Crippen molar-refractivity contribution in [1.82, 2.24) is 0 Å². The van der Waals surface area contributed by atoms with Gasteiger partial charge in [0.2, 0.25) is 0 Å². The van der Waals surface area contributed by atoms with Crippen molar-refractivity contribution in [1.29, 1.82) is 0 Å². The molecule has 84 valence electrons. The van der Waals surface area contributed by atoms with Gasteiger partial charge in [0, 0.05) is 22.6 Å². The van der Waals surface area contributed by atoms with Gasteiger partial charge in [-0.2, -0.15) is 0 Å². The van der Waals surface area contributed by atoms with Crippen LogP contribution in [0.25, 0.3) is 0 Å². The molecule has 15 heavy (non-hydrogen) atoms. The lowest BCUT2D eigenvalue weighted by Crippen LogP contribution is -2.18. The number of hydrogen-bond acceptors (Lipinski definition) is 2. The molecule has 0 radical (unpaired) electrons. The predicted octanol–water partition coefficient (Wildman–Crippen LogP) is 4.87. The zero-order valence-electron chi connectivity index (χ0n) is 8.01. The topological polar surface area (TPSA) is 9.23 Å². The predicted molar refractivity (Wildman–Crippen MR) is 69.2 cm³/mol. The molecule has 2 heterocycles. The molecule has 0 amide bonds. The van der Waals surface area contributed by atoms with E-state index in [2.05, 4.69) is 15.9 Å². The van der Waals surface area contributed by atoms with Gasteiger partial charge in [-0.05, 0) is 40.8 Å². The normalized spacial score (nSPS) is 20.5. The Bertz CT molecular complexity index is 317. The van der Waals surface area contributed by atoms with Gasteiger partial charge in [-0.15, -0.1) is 22.9 Å². The van der Waals surface area contributed by atoms with Crippen molar-refractivity contribution in [2.24, 2.45) is 5.92 Å². The molecule has 0 aromatic carbocycles. The van der Waals surface area contributed by atoms with E-state index in [0.29, 0.717) is 5.92 Å². The zero-order chi connectivity index (χ0) is 10.8. The maximum absolute atomic E-state index is 6.45. The van der Waals surface area contributed by atoms with Crippen LogP contribution in [0.3, 0.4) is 0 Å². The van der Waals surface area contributed by atoms with Crippen molar-refractivity contribution in [3.8, 4) is 0 Å². The second kappa shape index (κ2) is 5.37. The molecule has 1 fully saturated rings. The molecule has 5 heteroatoms. The number of rotatable bonds is 2. The summed E-state index contributed by atoms with van der Waals surface area (Å²) in [7, 11) is 0. The van der Waals surface area contributed by atoms with Crippen LogP contribution in [0.4, 0.5) is 0 Å². The van der Waals surface area contributed by atoms with E-state index >= 15 is 0 Å². The molecular formula is C10H11BrCl2OS. The van der Waals surface area contributed by atoms with Crippen LogP contribution in [0.15, 0.2) is 10.5 Å². The maximum atomic E-state index is 6.45. The van der Waals surface area contributed by atoms with Crippen LogP contribution in [0.5, 0.6) is 0 Å². The molecule has 1 aromatic heterocycles. The fourth-order valence-corrected chi connectivity index (χ4v) is 4.00. The molecular weight excluding hydrogens is 319 g/mol. The third kappa shape index (κ3) is 2.89.